The van der Waals surface area contributed by atoms with Gasteiger partial charge < -0.3 is 14.4 Å². The number of nitrogens with zero attached hydrogens (tertiary/aromatic N) is 1. The van der Waals surface area contributed by atoms with Crippen LogP contribution in [-0.2, 0) is 10.2 Å². The zero-order chi connectivity index (χ0) is 18.7. The van der Waals surface area contributed by atoms with Gasteiger partial charge in [-0.2, -0.15) is 0 Å². The summed E-state index contributed by atoms with van der Waals surface area (Å²) >= 11 is 0. The predicted octanol–water partition coefficient (Wildman–Crippen LogP) is 4.43. The molecule has 0 aliphatic carbocycles. The first-order chi connectivity index (χ1) is 12.3. The van der Waals surface area contributed by atoms with E-state index < -0.39 is 0 Å². The first-order valence-electron chi connectivity index (χ1n) is 8.80. The van der Waals surface area contributed by atoms with Gasteiger partial charge in [-0.05, 0) is 34.8 Å². The number of ether oxygens (including phenoxy) is 2. The van der Waals surface area contributed by atoms with Crippen LogP contribution >= 0.6 is 0 Å². The summed E-state index contributed by atoms with van der Waals surface area (Å²) in [7, 11) is 1.75. The van der Waals surface area contributed by atoms with Crippen molar-refractivity contribution in [3.8, 4) is 11.5 Å². The van der Waals surface area contributed by atoms with E-state index in [4.69, 9.17) is 9.47 Å². The van der Waals surface area contributed by atoms with Gasteiger partial charge >= 0.3 is 0 Å². The van der Waals surface area contributed by atoms with E-state index in [1.165, 1.54) is 5.56 Å². The van der Waals surface area contributed by atoms with Crippen molar-refractivity contribution in [2.45, 2.75) is 26.2 Å². The molecule has 0 saturated carbocycles. The third-order valence-corrected chi connectivity index (χ3v) is 4.44. The fourth-order valence-electron chi connectivity index (χ4n) is 2.74. The average molecular weight is 351 g/mol. The number of carbonyl (C=O) groups excluding carboxylic acids is 1. The third kappa shape index (κ3) is 4.07. The molecule has 26 heavy (non-hydrogen) atoms. The molecule has 4 nitrogen and oxygen atoms in total. The van der Waals surface area contributed by atoms with Crippen LogP contribution in [0.3, 0.4) is 0 Å². The van der Waals surface area contributed by atoms with Crippen LogP contribution in [0.25, 0.3) is 6.08 Å². The Kier molecular flexibility index (Phi) is 5.03. The molecule has 136 valence electrons. The minimum atomic E-state index is -0.0958. The van der Waals surface area contributed by atoms with Gasteiger partial charge in [-0.15, -0.1) is 0 Å². The molecule has 0 N–H and O–H groups in total. The quantitative estimate of drug-likeness (QED) is 0.768. The highest BCUT2D eigenvalue weighted by Gasteiger charge is 2.15. The first kappa shape index (κ1) is 18.1. The lowest BCUT2D eigenvalue weighted by Crippen LogP contribution is -2.24. The Morgan fingerprint density at radius 1 is 1.00 bits per heavy atom. The topological polar surface area (TPSA) is 38.8 Å². The fraction of sp³-hybridized carbons (Fsp3) is 0.318. The molecule has 0 atom stereocenters. The minimum absolute atomic E-state index is 0.0958. The second kappa shape index (κ2) is 7.24. The number of benzene rings is 2. The zero-order valence-corrected chi connectivity index (χ0v) is 15.8. The molecule has 0 fully saturated rings. The maximum atomic E-state index is 12.5. The minimum Gasteiger partial charge on any atom is -0.486 e. The molecule has 0 radical (unpaired) electrons. The second-order valence-electron chi connectivity index (χ2n) is 7.43. The van der Waals surface area contributed by atoms with Crippen molar-refractivity contribution in [2.24, 2.45) is 0 Å². The molecule has 1 heterocycles. The van der Waals surface area contributed by atoms with Crippen LogP contribution in [0.1, 0.15) is 31.9 Å². The van der Waals surface area contributed by atoms with Gasteiger partial charge in [-0.25, -0.2) is 0 Å². The summed E-state index contributed by atoms with van der Waals surface area (Å²) in [5.41, 5.74) is 3.17. The monoisotopic (exact) mass is 351 g/mol. The molecule has 0 saturated heterocycles. The van der Waals surface area contributed by atoms with Gasteiger partial charge in [0.1, 0.15) is 13.2 Å². The second-order valence-corrected chi connectivity index (χ2v) is 7.43. The highest BCUT2D eigenvalue weighted by atomic mass is 16.6. The van der Waals surface area contributed by atoms with Gasteiger partial charge in [-0.1, -0.05) is 45.0 Å². The van der Waals surface area contributed by atoms with E-state index in [9.17, 15) is 4.79 Å². The van der Waals surface area contributed by atoms with Gasteiger partial charge in [0.05, 0.1) is 0 Å². The lowest BCUT2D eigenvalue weighted by atomic mass is 9.87. The third-order valence-electron chi connectivity index (χ3n) is 4.44. The number of carbonyl (C=O) groups is 1. The highest BCUT2D eigenvalue weighted by molar-refractivity contribution is 6.03. The van der Waals surface area contributed by atoms with Crippen molar-refractivity contribution in [3.63, 3.8) is 0 Å². The smallest absolute Gasteiger partial charge is 0.250 e. The van der Waals surface area contributed by atoms with Gasteiger partial charge in [0.25, 0.3) is 5.91 Å². The normalized spacial score (nSPS) is 13.7. The van der Waals surface area contributed by atoms with Gasteiger partial charge in [-0.3, -0.25) is 4.79 Å². The van der Waals surface area contributed by atoms with Gasteiger partial charge in [0.2, 0.25) is 0 Å². The summed E-state index contributed by atoms with van der Waals surface area (Å²) < 4.78 is 11.1. The van der Waals surface area contributed by atoms with E-state index in [0.717, 1.165) is 17.0 Å². The Hall–Kier alpha value is -2.75. The molecular formula is C22H25NO3. The van der Waals surface area contributed by atoms with Crippen molar-refractivity contribution < 1.29 is 14.3 Å². The summed E-state index contributed by atoms with van der Waals surface area (Å²) in [6, 6.07) is 13.8. The van der Waals surface area contributed by atoms with E-state index in [1.807, 2.05) is 36.4 Å². The first-order valence-corrected chi connectivity index (χ1v) is 8.80. The van der Waals surface area contributed by atoms with Crippen molar-refractivity contribution in [1.82, 2.24) is 0 Å². The van der Waals surface area contributed by atoms with Crippen LogP contribution in [-0.4, -0.2) is 26.2 Å². The van der Waals surface area contributed by atoms with Crippen LogP contribution in [0.5, 0.6) is 11.5 Å². The molecule has 0 spiro atoms. The number of fused-ring (bicyclic) bond motifs is 1. The molecule has 1 amide bonds. The van der Waals surface area contributed by atoms with E-state index in [2.05, 4.69) is 32.9 Å². The molecule has 3 rings (SSSR count). The molecule has 1 aliphatic rings. The Balaban J connectivity index is 1.70. The Labute approximate surface area is 155 Å². The molecule has 1 aliphatic heterocycles. The van der Waals surface area contributed by atoms with Crippen molar-refractivity contribution in [1.29, 1.82) is 0 Å². The zero-order valence-electron chi connectivity index (χ0n) is 15.8. The van der Waals surface area contributed by atoms with E-state index >= 15 is 0 Å². The summed E-state index contributed by atoms with van der Waals surface area (Å²) in [5, 5.41) is 0. The van der Waals surface area contributed by atoms with Crippen LogP contribution in [0.15, 0.2) is 48.5 Å². The summed E-state index contributed by atoms with van der Waals surface area (Å²) in [6.07, 6.45) is 3.42. The number of amides is 1. The molecular weight excluding hydrogens is 326 g/mol. The summed E-state index contributed by atoms with van der Waals surface area (Å²) in [5.74, 6) is 1.30. The van der Waals surface area contributed by atoms with Crippen LogP contribution in [0, 0.1) is 0 Å². The Morgan fingerprint density at radius 2 is 1.65 bits per heavy atom. The van der Waals surface area contributed by atoms with Gasteiger partial charge in [0.15, 0.2) is 11.5 Å². The molecule has 0 bridgehead atoms. The van der Waals surface area contributed by atoms with Crippen molar-refractivity contribution in [2.75, 3.05) is 25.2 Å². The average Bonchev–Trinajstić information content (AvgIpc) is 2.64. The Morgan fingerprint density at radius 3 is 2.31 bits per heavy atom. The van der Waals surface area contributed by atoms with Crippen molar-refractivity contribution >= 4 is 17.7 Å². The fourth-order valence-corrected chi connectivity index (χ4v) is 2.74. The molecule has 0 aromatic heterocycles. The van der Waals surface area contributed by atoms with Crippen molar-refractivity contribution in [3.05, 3.63) is 59.7 Å². The molecule has 0 unspecified atom stereocenters. The number of rotatable bonds is 3. The Bertz CT molecular complexity index is 816. The van der Waals surface area contributed by atoms with E-state index in [0.29, 0.717) is 19.0 Å². The molecule has 2 aromatic rings. The van der Waals surface area contributed by atoms with Crippen LogP contribution in [0.2, 0.25) is 0 Å². The lowest BCUT2D eigenvalue weighted by Gasteiger charge is -2.21. The number of likely N-dealkylation sites (N-methyl/N-ethyl adjacent to an activating group) is 1. The van der Waals surface area contributed by atoms with Crippen LogP contribution in [0.4, 0.5) is 5.69 Å². The predicted molar refractivity (Wildman–Crippen MR) is 105 cm³/mol. The van der Waals surface area contributed by atoms with Crippen LogP contribution < -0.4 is 14.4 Å². The van der Waals surface area contributed by atoms with Gasteiger partial charge in [0, 0.05) is 24.9 Å². The maximum Gasteiger partial charge on any atom is 0.250 e. The lowest BCUT2D eigenvalue weighted by molar-refractivity contribution is -0.113. The number of hydrogen-bond donors (Lipinski definition) is 0. The largest absolute Gasteiger partial charge is 0.486 e. The summed E-state index contributed by atoms with van der Waals surface area (Å²) in [4.78, 5) is 14.1. The number of anilines is 1. The highest BCUT2D eigenvalue weighted by Crippen LogP contribution is 2.33. The van der Waals surface area contributed by atoms with E-state index in [1.54, 1.807) is 18.0 Å². The van der Waals surface area contributed by atoms with E-state index in [-0.39, 0.29) is 11.3 Å². The standard InChI is InChI=1S/C22H25NO3/c1-22(2,3)17-8-5-16(6-9-17)7-12-21(24)23(4)18-10-11-19-20(15-18)26-14-13-25-19/h5-12,15H,13-14H2,1-4H3. The molecule has 4 heteroatoms. The SMILES string of the molecule is CN(C(=O)C=Cc1ccc(C(C)(C)C)cc1)c1ccc2c(c1)OCCO2. The molecule has 2 aromatic carbocycles. The maximum absolute atomic E-state index is 12.5. The summed E-state index contributed by atoms with van der Waals surface area (Å²) in [6.45, 7) is 7.63. The number of hydrogen-bond acceptors (Lipinski definition) is 3.